The molecule has 6 heteroatoms. The molecule has 5 N–H and O–H groups in total. The molecule has 0 radical (unpaired) electrons. The Bertz CT molecular complexity index is 334. The molecule has 84 valence electrons. The Balaban J connectivity index is 3.05. The van der Waals surface area contributed by atoms with Crippen molar-refractivity contribution in [2.45, 2.75) is 19.1 Å². The minimum Gasteiger partial charge on any atom is -0.383 e. The van der Waals surface area contributed by atoms with Crippen LogP contribution in [-0.2, 0) is 4.74 Å². The van der Waals surface area contributed by atoms with E-state index >= 15 is 0 Å². The number of anilines is 1. The van der Waals surface area contributed by atoms with Crippen molar-refractivity contribution in [3.05, 3.63) is 22.8 Å². The molecule has 1 aromatic heterocycles. The average Bonchev–Trinajstić information content (AvgIpc) is 2.23. The van der Waals surface area contributed by atoms with Crippen molar-refractivity contribution in [3.63, 3.8) is 0 Å². The second kappa shape index (κ2) is 5.27. The van der Waals surface area contributed by atoms with Crippen molar-refractivity contribution in [3.8, 4) is 0 Å². The monoisotopic (exact) mass is 230 g/mol. The summed E-state index contributed by atoms with van der Waals surface area (Å²) >= 11 is 5.84. The highest BCUT2D eigenvalue weighted by Crippen LogP contribution is 2.24. The quantitative estimate of drug-likeness (QED) is 0.528. The fourth-order valence-corrected chi connectivity index (χ4v) is 1.50. The molecule has 1 aromatic rings. The van der Waals surface area contributed by atoms with Gasteiger partial charge in [0.05, 0.1) is 17.2 Å². The molecule has 0 fully saturated rings. The lowest BCUT2D eigenvalue weighted by Gasteiger charge is -2.23. The van der Waals surface area contributed by atoms with Gasteiger partial charge in [-0.2, -0.15) is 0 Å². The van der Waals surface area contributed by atoms with Gasteiger partial charge in [-0.15, -0.1) is 0 Å². The Labute approximate surface area is 93.7 Å². The Kier molecular flexibility index (Phi) is 4.28. The van der Waals surface area contributed by atoms with Gasteiger partial charge in [-0.1, -0.05) is 11.6 Å². The maximum Gasteiger partial charge on any atom is 0.128 e. The number of pyridine rings is 1. The van der Waals surface area contributed by atoms with Gasteiger partial charge >= 0.3 is 0 Å². The average molecular weight is 231 g/mol. The van der Waals surface area contributed by atoms with E-state index in [1.54, 1.807) is 13.2 Å². The molecule has 0 aliphatic heterocycles. The lowest BCUT2D eigenvalue weighted by atomic mass is 10.0. The van der Waals surface area contributed by atoms with Gasteiger partial charge in [-0.05, 0) is 13.0 Å². The summed E-state index contributed by atoms with van der Waals surface area (Å²) in [5, 5.41) is 0.516. The summed E-state index contributed by atoms with van der Waals surface area (Å²) < 4.78 is 5.18. The van der Waals surface area contributed by atoms with E-state index in [-0.39, 0.29) is 12.1 Å². The third-order valence-electron chi connectivity index (χ3n) is 2.27. The molecule has 0 spiro atoms. The van der Waals surface area contributed by atoms with Crippen molar-refractivity contribution in [2.75, 3.05) is 12.8 Å². The van der Waals surface area contributed by atoms with Gasteiger partial charge in [0, 0.05) is 18.9 Å². The van der Waals surface area contributed by atoms with E-state index < -0.39 is 0 Å². The first kappa shape index (κ1) is 12.2. The van der Waals surface area contributed by atoms with Crippen molar-refractivity contribution < 1.29 is 4.74 Å². The highest BCUT2D eigenvalue weighted by atomic mass is 35.5. The third kappa shape index (κ3) is 2.79. The lowest BCUT2D eigenvalue weighted by Crippen LogP contribution is -2.36. The van der Waals surface area contributed by atoms with Gasteiger partial charge in [-0.3, -0.25) is 11.3 Å². The van der Waals surface area contributed by atoms with Gasteiger partial charge in [0.2, 0.25) is 0 Å². The number of halogens is 1. The number of nitrogen functional groups attached to an aromatic ring is 1. The summed E-state index contributed by atoms with van der Waals surface area (Å²) in [6, 6.07) is 1.49. The van der Waals surface area contributed by atoms with E-state index in [1.807, 2.05) is 6.92 Å². The van der Waals surface area contributed by atoms with Crippen LogP contribution in [0.2, 0.25) is 5.02 Å². The van der Waals surface area contributed by atoms with Crippen LogP contribution in [0.15, 0.2) is 12.3 Å². The van der Waals surface area contributed by atoms with Gasteiger partial charge < -0.3 is 10.5 Å². The Morgan fingerprint density at radius 3 is 2.80 bits per heavy atom. The molecular formula is C9H15ClN4O. The van der Waals surface area contributed by atoms with Crippen LogP contribution < -0.4 is 17.0 Å². The van der Waals surface area contributed by atoms with Crippen molar-refractivity contribution in [1.82, 2.24) is 10.4 Å². The summed E-state index contributed by atoms with van der Waals surface area (Å²) in [5.74, 6) is 5.84. The number of hydrogen-bond acceptors (Lipinski definition) is 5. The molecule has 1 rings (SSSR count). The van der Waals surface area contributed by atoms with Crippen LogP contribution in [0.1, 0.15) is 18.5 Å². The molecule has 15 heavy (non-hydrogen) atoms. The van der Waals surface area contributed by atoms with Crippen molar-refractivity contribution in [2.24, 2.45) is 5.84 Å². The number of nitrogens with zero attached hydrogens (tertiary/aromatic N) is 1. The zero-order valence-electron chi connectivity index (χ0n) is 8.70. The van der Waals surface area contributed by atoms with E-state index in [9.17, 15) is 0 Å². The van der Waals surface area contributed by atoms with Gasteiger partial charge in [0.15, 0.2) is 0 Å². The third-order valence-corrected chi connectivity index (χ3v) is 2.48. The summed E-state index contributed by atoms with van der Waals surface area (Å²) in [5.41, 5.74) is 9.11. The zero-order chi connectivity index (χ0) is 11.4. The van der Waals surface area contributed by atoms with Crippen LogP contribution in [0.25, 0.3) is 0 Å². The summed E-state index contributed by atoms with van der Waals surface area (Å²) in [6.07, 6.45) is 1.36. The highest BCUT2D eigenvalue weighted by molar-refractivity contribution is 6.30. The van der Waals surface area contributed by atoms with Crippen molar-refractivity contribution in [1.29, 1.82) is 0 Å². The summed E-state index contributed by atoms with van der Waals surface area (Å²) in [4.78, 5) is 3.96. The molecule has 2 atom stereocenters. The van der Waals surface area contributed by atoms with Crippen LogP contribution in [-0.4, -0.2) is 18.2 Å². The van der Waals surface area contributed by atoms with Gasteiger partial charge in [-0.25, -0.2) is 4.98 Å². The first-order valence-electron chi connectivity index (χ1n) is 4.50. The van der Waals surface area contributed by atoms with Crippen LogP contribution in [0, 0.1) is 0 Å². The van der Waals surface area contributed by atoms with E-state index in [4.69, 9.17) is 27.9 Å². The molecule has 0 aliphatic rings. The Hall–Kier alpha value is -0.880. The minimum atomic E-state index is -0.235. The summed E-state index contributed by atoms with van der Waals surface area (Å²) in [6.45, 7) is 1.88. The number of methoxy groups -OCH3 is 1. The first-order chi connectivity index (χ1) is 7.10. The molecule has 2 unspecified atom stereocenters. The molecule has 0 aromatic carbocycles. The highest BCUT2D eigenvalue weighted by Gasteiger charge is 2.20. The number of aromatic nitrogens is 1. The number of hydrogen-bond donors (Lipinski definition) is 3. The zero-order valence-corrected chi connectivity index (χ0v) is 9.45. The van der Waals surface area contributed by atoms with Gasteiger partial charge in [0.1, 0.15) is 5.82 Å². The fraction of sp³-hybridized carbons (Fsp3) is 0.444. The van der Waals surface area contributed by atoms with E-state index in [0.29, 0.717) is 10.8 Å². The lowest BCUT2D eigenvalue weighted by molar-refractivity contribution is 0.0832. The second-order valence-electron chi connectivity index (χ2n) is 3.21. The molecule has 0 saturated carbocycles. The number of ether oxygens (including phenoxy) is 1. The Morgan fingerprint density at radius 1 is 1.60 bits per heavy atom. The largest absolute Gasteiger partial charge is 0.383 e. The van der Waals surface area contributed by atoms with Crippen molar-refractivity contribution >= 4 is 17.4 Å². The second-order valence-corrected chi connectivity index (χ2v) is 3.65. The molecular weight excluding hydrogens is 216 g/mol. The van der Waals surface area contributed by atoms with Crippen LogP contribution >= 0.6 is 11.6 Å². The number of nitrogens with one attached hydrogen (secondary N) is 1. The van der Waals surface area contributed by atoms with Gasteiger partial charge in [0.25, 0.3) is 0 Å². The van der Waals surface area contributed by atoms with Crippen LogP contribution in [0.4, 0.5) is 5.82 Å². The topological polar surface area (TPSA) is 86.2 Å². The maximum atomic E-state index is 5.84. The van der Waals surface area contributed by atoms with Crippen LogP contribution in [0.5, 0.6) is 0 Å². The normalized spacial score (nSPS) is 14.9. The molecule has 0 amide bonds. The predicted octanol–water partition coefficient (Wildman–Crippen LogP) is 0.856. The molecule has 0 bridgehead atoms. The Morgan fingerprint density at radius 2 is 2.27 bits per heavy atom. The van der Waals surface area contributed by atoms with E-state index in [2.05, 4.69) is 10.4 Å². The number of hydrazine groups is 1. The predicted molar refractivity (Wildman–Crippen MR) is 60.2 cm³/mol. The SMILES string of the molecule is COC(C)C(NN)c1cc(Cl)cnc1N. The molecule has 0 saturated heterocycles. The smallest absolute Gasteiger partial charge is 0.128 e. The first-order valence-corrected chi connectivity index (χ1v) is 4.87. The minimum absolute atomic E-state index is 0.127. The molecule has 1 heterocycles. The number of rotatable bonds is 4. The van der Waals surface area contributed by atoms with E-state index in [0.717, 1.165) is 5.56 Å². The molecule has 0 aliphatic carbocycles. The number of nitrogens with two attached hydrogens (primary N) is 2. The fourth-order valence-electron chi connectivity index (χ4n) is 1.33. The standard InChI is InChI=1S/C9H15ClN4O/c1-5(15-2)8(14-12)7-3-6(10)4-13-9(7)11/h3-5,8,14H,12H2,1-2H3,(H2,11,13). The summed E-state index contributed by atoms with van der Waals surface area (Å²) in [7, 11) is 1.60. The molecule has 5 nitrogen and oxygen atoms in total. The van der Waals surface area contributed by atoms with E-state index in [1.165, 1.54) is 6.20 Å². The van der Waals surface area contributed by atoms with Crippen LogP contribution in [0.3, 0.4) is 0 Å². The maximum absolute atomic E-state index is 5.84.